The van der Waals surface area contributed by atoms with Crippen LogP contribution < -0.4 is 5.73 Å². The van der Waals surface area contributed by atoms with Crippen molar-refractivity contribution in [2.75, 3.05) is 13.2 Å². The van der Waals surface area contributed by atoms with E-state index in [1.807, 2.05) is 17.8 Å². The number of ether oxygens (including phenoxy) is 1. The molecule has 1 unspecified atom stereocenters. The van der Waals surface area contributed by atoms with Crippen LogP contribution in [0.5, 0.6) is 0 Å². The number of aryl methyl sites for hydroxylation is 1. The minimum atomic E-state index is -2.41. The predicted octanol–water partition coefficient (Wildman–Crippen LogP) is 0.962. The van der Waals surface area contributed by atoms with Gasteiger partial charge in [0.25, 0.3) is 6.43 Å². The highest BCUT2D eigenvalue weighted by molar-refractivity contribution is 4.93. The largest absolute Gasteiger partial charge is 0.375 e. The number of nitrogens with two attached hydrogens (primary N) is 1. The molecule has 0 fully saturated rings. The SMILES string of the molecule is Cn1ccnc1CC(N)CCOCC(F)F. The van der Waals surface area contributed by atoms with Crippen LogP contribution in [0, 0.1) is 0 Å². The van der Waals surface area contributed by atoms with Crippen LogP contribution in [0.4, 0.5) is 8.78 Å². The molecule has 16 heavy (non-hydrogen) atoms. The van der Waals surface area contributed by atoms with Crippen molar-refractivity contribution in [3.05, 3.63) is 18.2 Å². The number of hydrogen-bond acceptors (Lipinski definition) is 3. The molecule has 4 nitrogen and oxygen atoms in total. The van der Waals surface area contributed by atoms with Gasteiger partial charge in [0.1, 0.15) is 12.4 Å². The standard InChI is InChI=1S/C10H17F2N3O/c1-15-4-3-14-10(15)6-8(13)2-5-16-7-9(11)12/h3-4,8-9H,2,5-7,13H2,1H3. The molecule has 0 amide bonds. The lowest BCUT2D eigenvalue weighted by Gasteiger charge is -2.11. The third-order valence-corrected chi connectivity index (χ3v) is 2.24. The van der Waals surface area contributed by atoms with Gasteiger partial charge in [-0.05, 0) is 6.42 Å². The van der Waals surface area contributed by atoms with E-state index in [0.29, 0.717) is 12.8 Å². The van der Waals surface area contributed by atoms with Gasteiger partial charge in [-0.25, -0.2) is 13.8 Å². The third-order valence-electron chi connectivity index (χ3n) is 2.24. The van der Waals surface area contributed by atoms with Crippen LogP contribution in [0.25, 0.3) is 0 Å². The summed E-state index contributed by atoms with van der Waals surface area (Å²) >= 11 is 0. The van der Waals surface area contributed by atoms with Crippen LogP contribution in [-0.4, -0.2) is 35.2 Å². The topological polar surface area (TPSA) is 53.1 Å². The third kappa shape index (κ3) is 4.67. The highest BCUT2D eigenvalue weighted by atomic mass is 19.3. The predicted molar refractivity (Wildman–Crippen MR) is 56.3 cm³/mol. The lowest BCUT2D eigenvalue weighted by Crippen LogP contribution is -2.26. The van der Waals surface area contributed by atoms with E-state index in [9.17, 15) is 8.78 Å². The van der Waals surface area contributed by atoms with E-state index in [-0.39, 0.29) is 12.6 Å². The molecule has 1 atom stereocenters. The van der Waals surface area contributed by atoms with Gasteiger partial charge in [-0.1, -0.05) is 0 Å². The van der Waals surface area contributed by atoms with Gasteiger partial charge in [0.15, 0.2) is 0 Å². The molecule has 0 aliphatic heterocycles. The van der Waals surface area contributed by atoms with Crippen molar-refractivity contribution >= 4 is 0 Å². The molecular formula is C10H17F2N3O. The summed E-state index contributed by atoms with van der Waals surface area (Å²) in [4.78, 5) is 4.13. The van der Waals surface area contributed by atoms with Crippen molar-refractivity contribution in [3.8, 4) is 0 Å². The van der Waals surface area contributed by atoms with Crippen LogP contribution in [0.3, 0.4) is 0 Å². The first kappa shape index (κ1) is 13.1. The van der Waals surface area contributed by atoms with E-state index in [1.54, 1.807) is 6.20 Å². The summed E-state index contributed by atoms with van der Waals surface area (Å²) < 4.78 is 30.1. The molecular weight excluding hydrogens is 216 g/mol. The van der Waals surface area contributed by atoms with Gasteiger partial charge in [-0.15, -0.1) is 0 Å². The zero-order chi connectivity index (χ0) is 12.0. The lowest BCUT2D eigenvalue weighted by atomic mass is 10.1. The van der Waals surface area contributed by atoms with Crippen LogP contribution in [0.15, 0.2) is 12.4 Å². The molecule has 0 bridgehead atoms. The van der Waals surface area contributed by atoms with Gasteiger partial charge in [-0.2, -0.15) is 0 Å². The van der Waals surface area contributed by atoms with E-state index < -0.39 is 13.0 Å². The fraction of sp³-hybridized carbons (Fsp3) is 0.700. The number of aromatic nitrogens is 2. The van der Waals surface area contributed by atoms with Crippen molar-refractivity contribution in [2.24, 2.45) is 12.8 Å². The maximum absolute atomic E-state index is 11.7. The second-order valence-corrected chi connectivity index (χ2v) is 3.67. The first-order chi connectivity index (χ1) is 7.59. The van der Waals surface area contributed by atoms with E-state index in [0.717, 1.165) is 5.82 Å². The molecule has 0 aromatic carbocycles. The molecule has 1 heterocycles. The fourth-order valence-corrected chi connectivity index (χ4v) is 1.34. The summed E-state index contributed by atoms with van der Waals surface area (Å²) in [6, 6.07) is -0.112. The lowest BCUT2D eigenvalue weighted by molar-refractivity contribution is 0.0152. The van der Waals surface area contributed by atoms with E-state index in [2.05, 4.69) is 4.98 Å². The Morgan fingerprint density at radius 1 is 1.56 bits per heavy atom. The van der Waals surface area contributed by atoms with Crippen LogP contribution in [-0.2, 0) is 18.2 Å². The Kier molecular flexibility index (Phi) is 5.34. The van der Waals surface area contributed by atoms with Crippen molar-refractivity contribution in [1.82, 2.24) is 9.55 Å². The van der Waals surface area contributed by atoms with E-state index >= 15 is 0 Å². The smallest absolute Gasteiger partial charge is 0.261 e. The van der Waals surface area contributed by atoms with Gasteiger partial charge < -0.3 is 15.0 Å². The molecule has 2 N–H and O–H groups in total. The van der Waals surface area contributed by atoms with Crippen molar-refractivity contribution in [2.45, 2.75) is 25.3 Å². The Bertz CT molecular complexity index is 304. The monoisotopic (exact) mass is 233 g/mol. The quantitative estimate of drug-likeness (QED) is 0.714. The summed E-state index contributed by atoms with van der Waals surface area (Å²) in [5, 5.41) is 0. The van der Waals surface area contributed by atoms with Gasteiger partial charge in [0, 0.05) is 38.5 Å². The normalized spacial score (nSPS) is 13.3. The number of nitrogens with zero attached hydrogens (tertiary/aromatic N) is 2. The minimum Gasteiger partial charge on any atom is -0.375 e. The highest BCUT2D eigenvalue weighted by Gasteiger charge is 2.08. The summed E-state index contributed by atoms with van der Waals surface area (Å²) in [5.74, 6) is 0.890. The Labute approximate surface area is 93.4 Å². The zero-order valence-corrected chi connectivity index (χ0v) is 9.27. The summed E-state index contributed by atoms with van der Waals surface area (Å²) in [5.41, 5.74) is 5.83. The molecule has 6 heteroatoms. The zero-order valence-electron chi connectivity index (χ0n) is 9.27. The molecule has 0 saturated heterocycles. The maximum Gasteiger partial charge on any atom is 0.261 e. The summed E-state index contributed by atoms with van der Waals surface area (Å²) in [7, 11) is 1.89. The Morgan fingerprint density at radius 2 is 2.31 bits per heavy atom. The average molecular weight is 233 g/mol. The van der Waals surface area contributed by atoms with Crippen LogP contribution in [0.1, 0.15) is 12.2 Å². The second kappa shape index (κ2) is 6.55. The molecule has 1 rings (SSSR count). The second-order valence-electron chi connectivity index (χ2n) is 3.67. The Hall–Kier alpha value is -1.01. The van der Waals surface area contributed by atoms with Gasteiger partial charge in [-0.3, -0.25) is 0 Å². The summed E-state index contributed by atoms with van der Waals surface area (Å²) in [6.45, 7) is -0.259. The molecule has 0 saturated carbocycles. The summed E-state index contributed by atoms with van der Waals surface area (Å²) in [6.07, 6.45) is 2.32. The first-order valence-electron chi connectivity index (χ1n) is 5.17. The average Bonchev–Trinajstić information content (AvgIpc) is 2.59. The van der Waals surface area contributed by atoms with Gasteiger partial charge in [0.2, 0.25) is 0 Å². The number of hydrogen-bond donors (Lipinski definition) is 1. The van der Waals surface area contributed by atoms with E-state index in [4.69, 9.17) is 10.5 Å². The van der Waals surface area contributed by atoms with Crippen LogP contribution >= 0.6 is 0 Å². The van der Waals surface area contributed by atoms with Crippen molar-refractivity contribution < 1.29 is 13.5 Å². The molecule has 1 aromatic rings. The van der Waals surface area contributed by atoms with Crippen molar-refractivity contribution in [1.29, 1.82) is 0 Å². The Morgan fingerprint density at radius 3 is 2.88 bits per heavy atom. The van der Waals surface area contributed by atoms with Gasteiger partial charge in [0.05, 0.1) is 0 Å². The van der Waals surface area contributed by atoms with Crippen molar-refractivity contribution in [3.63, 3.8) is 0 Å². The molecule has 0 spiro atoms. The number of alkyl halides is 2. The molecule has 92 valence electrons. The van der Waals surface area contributed by atoms with E-state index in [1.165, 1.54) is 0 Å². The highest BCUT2D eigenvalue weighted by Crippen LogP contribution is 2.02. The number of rotatable bonds is 7. The molecule has 0 radical (unpaired) electrons. The molecule has 0 aliphatic rings. The first-order valence-corrected chi connectivity index (χ1v) is 5.17. The maximum atomic E-state index is 11.7. The molecule has 0 aliphatic carbocycles. The Balaban J connectivity index is 2.16. The molecule has 1 aromatic heterocycles. The van der Waals surface area contributed by atoms with Crippen LogP contribution in [0.2, 0.25) is 0 Å². The number of imidazole rings is 1. The van der Waals surface area contributed by atoms with Gasteiger partial charge >= 0.3 is 0 Å². The minimum absolute atomic E-state index is 0.112. The number of halogens is 2. The fourth-order valence-electron chi connectivity index (χ4n) is 1.34.